The first-order chi connectivity index (χ1) is 14.0. The van der Waals surface area contributed by atoms with E-state index in [2.05, 4.69) is 34.2 Å². The number of carbonyl (C=O) groups is 1. The number of nitrogens with one attached hydrogen (secondary N) is 1. The molecule has 2 heterocycles. The number of piperidine rings is 1. The number of ether oxygens (including phenoxy) is 1. The second kappa shape index (κ2) is 10.4. The van der Waals surface area contributed by atoms with Crippen molar-refractivity contribution >= 4 is 5.91 Å². The van der Waals surface area contributed by atoms with Gasteiger partial charge in [0.1, 0.15) is 5.75 Å². The van der Waals surface area contributed by atoms with Crippen molar-refractivity contribution in [2.24, 2.45) is 5.92 Å². The molecule has 29 heavy (non-hydrogen) atoms. The van der Waals surface area contributed by atoms with Gasteiger partial charge in [-0.05, 0) is 70.3 Å². The van der Waals surface area contributed by atoms with Crippen LogP contribution >= 0.6 is 0 Å². The molecule has 1 unspecified atom stereocenters. The molecule has 1 atom stereocenters. The molecule has 0 aliphatic carbocycles. The Bertz CT molecular complexity index is 773. The van der Waals surface area contributed by atoms with Gasteiger partial charge in [-0.15, -0.1) is 0 Å². The van der Waals surface area contributed by atoms with Crippen LogP contribution in [0.2, 0.25) is 0 Å². The third-order valence-electron chi connectivity index (χ3n) is 5.33. The summed E-state index contributed by atoms with van der Waals surface area (Å²) in [5.74, 6) is 2.38. The van der Waals surface area contributed by atoms with Crippen molar-refractivity contribution in [3.05, 3.63) is 30.2 Å². The molecule has 2 aromatic rings. The quantitative estimate of drug-likeness (QED) is 0.696. The summed E-state index contributed by atoms with van der Waals surface area (Å²) in [6.45, 7) is 10.0. The van der Waals surface area contributed by atoms with E-state index in [1.54, 1.807) is 0 Å². The highest BCUT2D eigenvalue weighted by atomic mass is 16.5. The van der Waals surface area contributed by atoms with Crippen molar-refractivity contribution in [1.29, 1.82) is 0 Å². The average molecular weight is 401 g/mol. The third kappa shape index (κ3) is 6.29. The Morgan fingerprint density at radius 3 is 2.86 bits per heavy atom. The third-order valence-corrected chi connectivity index (χ3v) is 5.33. The minimum atomic E-state index is 0.0347. The maximum Gasteiger partial charge on any atom is 0.227 e. The lowest BCUT2D eigenvalue weighted by Crippen LogP contribution is -2.43. The van der Waals surface area contributed by atoms with Crippen molar-refractivity contribution in [3.8, 4) is 17.1 Å². The molecule has 1 aromatic carbocycles. The van der Waals surface area contributed by atoms with Crippen LogP contribution < -0.4 is 10.1 Å². The molecule has 7 heteroatoms. The van der Waals surface area contributed by atoms with E-state index in [-0.39, 0.29) is 5.91 Å². The van der Waals surface area contributed by atoms with E-state index in [0.29, 0.717) is 43.1 Å². The van der Waals surface area contributed by atoms with Crippen LogP contribution in [0.4, 0.5) is 0 Å². The van der Waals surface area contributed by atoms with Crippen LogP contribution in [-0.2, 0) is 11.2 Å². The van der Waals surface area contributed by atoms with Crippen LogP contribution in [0.5, 0.6) is 5.75 Å². The fourth-order valence-corrected chi connectivity index (χ4v) is 3.64. The van der Waals surface area contributed by atoms with Gasteiger partial charge in [0.15, 0.2) is 0 Å². The maximum absolute atomic E-state index is 12.2. The Hall–Kier alpha value is -2.41. The van der Waals surface area contributed by atoms with E-state index >= 15 is 0 Å². The predicted molar refractivity (Wildman–Crippen MR) is 112 cm³/mol. The van der Waals surface area contributed by atoms with Crippen LogP contribution in [-0.4, -0.2) is 53.2 Å². The molecule has 0 radical (unpaired) electrons. The number of aromatic nitrogens is 2. The molecule has 0 saturated carbocycles. The number of likely N-dealkylation sites (tertiary alicyclic amines) is 1. The summed E-state index contributed by atoms with van der Waals surface area (Å²) in [4.78, 5) is 19.1. The predicted octanol–water partition coefficient (Wildman–Crippen LogP) is 3.30. The summed E-state index contributed by atoms with van der Waals surface area (Å²) in [5.41, 5.74) is 0.861. The largest absolute Gasteiger partial charge is 0.494 e. The first-order valence-corrected chi connectivity index (χ1v) is 10.6. The van der Waals surface area contributed by atoms with Crippen LogP contribution in [0.3, 0.4) is 0 Å². The van der Waals surface area contributed by atoms with Crippen molar-refractivity contribution < 1.29 is 14.1 Å². The second-order valence-electron chi connectivity index (χ2n) is 7.87. The molecule has 158 valence electrons. The first kappa shape index (κ1) is 21.3. The summed E-state index contributed by atoms with van der Waals surface area (Å²) in [6, 6.07) is 8.13. The molecule has 0 spiro atoms. The van der Waals surface area contributed by atoms with Gasteiger partial charge in [0, 0.05) is 37.5 Å². The second-order valence-corrected chi connectivity index (χ2v) is 7.87. The Morgan fingerprint density at radius 1 is 1.34 bits per heavy atom. The number of amides is 1. The Labute approximate surface area is 172 Å². The van der Waals surface area contributed by atoms with Gasteiger partial charge in [-0.1, -0.05) is 5.16 Å². The Morgan fingerprint density at radius 2 is 2.14 bits per heavy atom. The van der Waals surface area contributed by atoms with E-state index in [1.807, 2.05) is 31.2 Å². The number of hydrogen-bond donors (Lipinski definition) is 1. The maximum atomic E-state index is 12.2. The summed E-state index contributed by atoms with van der Waals surface area (Å²) >= 11 is 0. The molecule has 3 rings (SSSR count). The lowest BCUT2D eigenvalue weighted by Gasteiger charge is -2.35. The summed E-state index contributed by atoms with van der Waals surface area (Å²) < 4.78 is 10.7. The molecule has 1 N–H and O–H groups in total. The van der Waals surface area contributed by atoms with Gasteiger partial charge in [0.25, 0.3) is 0 Å². The molecule has 1 aliphatic heterocycles. The van der Waals surface area contributed by atoms with Crippen LogP contribution in [0, 0.1) is 5.92 Å². The lowest BCUT2D eigenvalue weighted by atomic mass is 9.97. The SMILES string of the molecule is CCOc1ccc(-c2noc(CCC(=O)NCC3CCCN(C(C)C)C3)n2)cc1. The highest BCUT2D eigenvalue weighted by molar-refractivity contribution is 5.76. The number of benzene rings is 1. The van der Waals surface area contributed by atoms with Gasteiger partial charge in [0.2, 0.25) is 17.6 Å². The number of carbonyl (C=O) groups excluding carboxylic acids is 1. The van der Waals surface area contributed by atoms with Crippen LogP contribution in [0.1, 0.15) is 45.9 Å². The molecule has 1 aromatic heterocycles. The monoisotopic (exact) mass is 400 g/mol. The van der Waals surface area contributed by atoms with Crippen molar-refractivity contribution in [2.75, 3.05) is 26.2 Å². The van der Waals surface area contributed by atoms with E-state index in [4.69, 9.17) is 9.26 Å². The molecule has 7 nitrogen and oxygen atoms in total. The molecule has 1 fully saturated rings. The zero-order valence-corrected chi connectivity index (χ0v) is 17.7. The highest BCUT2D eigenvalue weighted by Gasteiger charge is 2.22. The summed E-state index contributed by atoms with van der Waals surface area (Å²) in [7, 11) is 0. The van der Waals surface area contributed by atoms with Gasteiger partial charge in [0.05, 0.1) is 6.61 Å². The number of nitrogens with zero attached hydrogens (tertiary/aromatic N) is 3. The summed E-state index contributed by atoms with van der Waals surface area (Å²) in [6.07, 6.45) is 3.18. The van der Waals surface area contributed by atoms with E-state index < -0.39 is 0 Å². The Kier molecular flexibility index (Phi) is 7.63. The van der Waals surface area contributed by atoms with Gasteiger partial charge in [-0.25, -0.2) is 0 Å². The summed E-state index contributed by atoms with van der Waals surface area (Å²) in [5, 5.41) is 7.09. The normalized spacial score (nSPS) is 17.4. The topological polar surface area (TPSA) is 80.5 Å². The zero-order valence-electron chi connectivity index (χ0n) is 17.7. The molecular formula is C22H32N4O3. The minimum Gasteiger partial charge on any atom is -0.494 e. The average Bonchev–Trinajstić information content (AvgIpc) is 3.21. The molecule has 1 amide bonds. The van der Waals surface area contributed by atoms with Gasteiger partial charge in [-0.3, -0.25) is 4.79 Å². The van der Waals surface area contributed by atoms with E-state index in [0.717, 1.165) is 30.9 Å². The van der Waals surface area contributed by atoms with E-state index in [9.17, 15) is 4.79 Å². The number of hydrogen-bond acceptors (Lipinski definition) is 6. The van der Waals surface area contributed by atoms with Crippen molar-refractivity contribution in [3.63, 3.8) is 0 Å². The standard InChI is InChI=1S/C22H32N4O3/c1-4-28-19-9-7-18(8-10-19)22-24-21(29-25-22)12-11-20(27)23-14-17-6-5-13-26(15-17)16(2)3/h7-10,16-17H,4-6,11-15H2,1-3H3,(H,23,27). The van der Waals surface area contributed by atoms with Crippen molar-refractivity contribution in [1.82, 2.24) is 20.4 Å². The Balaban J connectivity index is 1.42. The van der Waals surface area contributed by atoms with Gasteiger partial charge >= 0.3 is 0 Å². The fourth-order valence-electron chi connectivity index (χ4n) is 3.64. The van der Waals surface area contributed by atoms with Crippen LogP contribution in [0.25, 0.3) is 11.4 Å². The number of rotatable bonds is 9. The smallest absolute Gasteiger partial charge is 0.227 e. The zero-order chi connectivity index (χ0) is 20.6. The highest BCUT2D eigenvalue weighted by Crippen LogP contribution is 2.20. The molecule has 0 bridgehead atoms. The molecule has 1 saturated heterocycles. The van der Waals surface area contributed by atoms with Crippen LogP contribution in [0.15, 0.2) is 28.8 Å². The number of aryl methyl sites for hydroxylation is 1. The molecular weight excluding hydrogens is 368 g/mol. The first-order valence-electron chi connectivity index (χ1n) is 10.6. The molecule has 1 aliphatic rings. The minimum absolute atomic E-state index is 0.0347. The van der Waals surface area contributed by atoms with Gasteiger partial charge in [-0.2, -0.15) is 4.98 Å². The van der Waals surface area contributed by atoms with Crippen molar-refractivity contribution in [2.45, 2.75) is 52.5 Å². The lowest BCUT2D eigenvalue weighted by molar-refractivity contribution is -0.121. The van der Waals surface area contributed by atoms with E-state index in [1.165, 1.54) is 12.8 Å². The van der Waals surface area contributed by atoms with Gasteiger partial charge < -0.3 is 19.5 Å². The fraction of sp³-hybridized carbons (Fsp3) is 0.591.